The highest BCUT2D eigenvalue weighted by Crippen LogP contribution is 2.40. The molecule has 1 aromatic carbocycles. The third kappa shape index (κ3) is 2.25. The van der Waals surface area contributed by atoms with Crippen molar-refractivity contribution < 1.29 is 9.47 Å². The number of hydrogen-bond acceptors (Lipinski definition) is 3. The van der Waals surface area contributed by atoms with Crippen LogP contribution in [0.25, 0.3) is 0 Å². The maximum atomic E-state index is 6.54. The minimum absolute atomic E-state index is 0.184. The van der Waals surface area contributed by atoms with Crippen molar-refractivity contribution in [3.8, 4) is 5.75 Å². The van der Waals surface area contributed by atoms with E-state index in [0.717, 1.165) is 31.6 Å². The van der Waals surface area contributed by atoms with E-state index >= 15 is 0 Å². The highest BCUT2D eigenvalue weighted by molar-refractivity contribution is 5.39. The first-order chi connectivity index (χ1) is 8.78. The largest absolute Gasteiger partial charge is 0.488 e. The average Bonchev–Trinajstić information content (AvgIpc) is 3.02. The Hall–Kier alpha value is -1.06. The van der Waals surface area contributed by atoms with E-state index in [0.29, 0.717) is 6.61 Å². The Morgan fingerprint density at radius 1 is 1.22 bits per heavy atom. The Labute approximate surface area is 108 Å². The molecule has 1 unspecified atom stereocenters. The number of benzene rings is 1. The second kappa shape index (κ2) is 4.90. The van der Waals surface area contributed by atoms with Crippen LogP contribution in [0.4, 0.5) is 0 Å². The minimum Gasteiger partial charge on any atom is -0.488 e. The van der Waals surface area contributed by atoms with Crippen LogP contribution in [-0.2, 0) is 10.3 Å². The standard InChI is InChI=1S/C15H21NO2/c16-15(8-3-4-9-15)13-5-1-2-6-14(13)18-12-7-10-17-11-12/h1-2,5-6,12H,3-4,7-11,16H2. The van der Waals surface area contributed by atoms with E-state index in [2.05, 4.69) is 12.1 Å². The van der Waals surface area contributed by atoms with E-state index in [1.54, 1.807) is 0 Å². The first-order valence-corrected chi connectivity index (χ1v) is 6.91. The molecule has 0 aromatic heterocycles. The summed E-state index contributed by atoms with van der Waals surface area (Å²) in [5.41, 5.74) is 7.54. The summed E-state index contributed by atoms with van der Waals surface area (Å²) in [7, 11) is 0. The summed E-state index contributed by atoms with van der Waals surface area (Å²) in [5, 5.41) is 0. The van der Waals surface area contributed by atoms with Gasteiger partial charge in [0.15, 0.2) is 0 Å². The predicted octanol–water partition coefficient (Wildman–Crippen LogP) is 2.58. The zero-order valence-electron chi connectivity index (χ0n) is 10.7. The van der Waals surface area contributed by atoms with Gasteiger partial charge in [0, 0.05) is 17.5 Å². The van der Waals surface area contributed by atoms with Gasteiger partial charge < -0.3 is 15.2 Å². The number of rotatable bonds is 3. The van der Waals surface area contributed by atoms with Gasteiger partial charge in [0.1, 0.15) is 11.9 Å². The van der Waals surface area contributed by atoms with E-state index in [9.17, 15) is 0 Å². The van der Waals surface area contributed by atoms with Crippen molar-refractivity contribution in [1.29, 1.82) is 0 Å². The fourth-order valence-corrected chi connectivity index (χ4v) is 3.04. The van der Waals surface area contributed by atoms with Crippen LogP contribution in [0.1, 0.15) is 37.7 Å². The Kier molecular flexibility index (Phi) is 3.27. The van der Waals surface area contributed by atoms with Crippen LogP contribution in [-0.4, -0.2) is 19.3 Å². The minimum atomic E-state index is -0.184. The molecule has 1 aliphatic heterocycles. The Morgan fingerprint density at radius 2 is 2.00 bits per heavy atom. The third-order valence-electron chi connectivity index (χ3n) is 4.10. The number of nitrogens with two attached hydrogens (primary N) is 1. The molecule has 2 fully saturated rings. The van der Waals surface area contributed by atoms with E-state index in [1.165, 1.54) is 18.4 Å². The quantitative estimate of drug-likeness (QED) is 0.893. The molecule has 1 saturated heterocycles. The molecule has 2 aliphatic rings. The molecule has 0 bridgehead atoms. The maximum Gasteiger partial charge on any atom is 0.124 e. The molecule has 3 nitrogen and oxygen atoms in total. The maximum absolute atomic E-state index is 6.54. The zero-order chi connectivity index (χ0) is 12.4. The normalized spacial score (nSPS) is 26.4. The Bertz CT molecular complexity index is 407. The zero-order valence-corrected chi connectivity index (χ0v) is 10.7. The van der Waals surface area contributed by atoms with E-state index in [-0.39, 0.29) is 11.6 Å². The fraction of sp³-hybridized carbons (Fsp3) is 0.600. The van der Waals surface area contributed by atoms with E-state index in [4.69, 9.17) is 15.2 Å². The van der Waals surface area contributed by atoms with Crippen molar-refractivity contribution >= 4 is 0 Å². The predicted molar refractivity (Wildman–Crippen MR) is 70.6 cm³/mol. The summed E-state index contributed by atoms with van der Waals surface area (Å²) >= 11 is 0. The van der Waals surface area contributed by atoms with Crippen LogP contribution in [0.3, 0.4) is 0 Å². The van der Waals surface area contributed by atoms with Gasteiger partial charge in [-0.2, -0.15) is 0 Å². The Morgan fingerprint density at radius 3 is 2.72 bits per heavy atom. The van der Waals surface area contributed by atoms with Crippen molar-refractivity contribution in [3.63, 3.8) is 0 Å². The number of para-hydroxylation sites is 1. The van der Waals surface area contributed by atoms with Gasteiger partial charge >= 0.3 is 0 Å². The highest BCUT2D eigenvalue weighted by atomic mass is 16.5. The molecule has 2 N–H and O–H groups in total. The molecule has 0 radical (unpaired) electrons. The molecule has 1 aromatic rings. The molecule has 3 rings (SSSR count). The fourth-order valence-electron chi connectivity index (χ4n) is 3.04. The van der Waals surface area contributed by atoms with Crippen molar-refractivity contribution in [1.82, 2.24) is 0 Å². The van der Waals surface area contributed by atoms with Crippen LogP contribution in [0, 0.1) is 0 Å². The summed E-state index contributed by atoms with van der Waals surface area (Å²) in [5.74, 6) is 0.956. The summed E-state index contributed by atoms with van der Waals surface area (Å²) in [4.78, 5) is 0. The molecule has 0 spiro atoms. The second-order valence-corrected chi connectivity index (χ2v) is 5.46. The molecular formula is C15H21NO2. The van der Waals surface area contributed by atoms with Gasteiger partial charge in [-0.3, -0.25) is 0 Å². The topological polar surface area (TPSA) is 44.5 Å². The van der Waals surface area contributed by atoms with Gasteiger partial charge in [-0.1, -0.05) is 31.0 Å². The van der Waals surface area contributed by atoms with Crippen molar-refractivity contribution in [3.05, 3.63) is 29.8 Å². The monoisotopic (exact) mass is 247 g/mol. The van der Waals surface area contributed by atoms with Gasteiger partial charge in [0.25, 0.3) is 0 Å². The second-order valence-electron chi connectivity index (χ2n) is 5.46. The lowest BCUT2D eigenvalue weighted by molar-refractivity contribution is 0.139. The van der Waals surface area contributed by atoms with Crippen LogP contribution in [0.15, 0.2) is 24.3 Å². The highest BCUT2D eigenvalue weighted by Gasteiger charge is 2.34. The van der Waals surface area contributed by atoms with Crippen LogP contribution in [0.2, 0.25) is 0 Å². The van der Waals surface area contributed by atoms with Gasteiger partial charge in [0.05, 0.1) is 13.2 Å². The lowest BCUT2D eigenvalue weighted by atomic mass is 9.88. The summed E-state index contributed by atoms with van der Waals surface area (Å²) in [6.45, 7) is 1.51. The molecule has 98 valence electrons. The lowest BCUT2D eigenvalue weighted by Crippen LogP contribution is -2.34. The molecule has 1 atom stereocenters. The SMILES string of the molecule is NC1(c2ccccc2OC2CCOC2)CCCC1. The van der Waals surface area contributed by atoms with E-state index < -0.39 is 0 Å². The van der Waals surface area contributed by atoms with E-state index in [1.807, 2.05) is 12.1 Å². The molecule has 1 heterocycles. The summed E-state index contributed by atoms with van der Waals surface area (Å²) < 4.78 is 11.4. The number of hydrogen-bond donors (Lipinski definition) is 1. The molecule has 3 heteroatoms. The van der Waals surface area contributed by atoms with Crippen molar-refractivity contribution in [2.45, 2.75) is 43.7 Å². The number of ether oxygens (including phenoxy) is 2. The molecule has 1 saturated carbocycles. The Balaban J connectivity index is 1.84. The van der Waals surface area contributed by atoms with Gasteiger partial charge in [-0.25, -0.2) is 0 Å². The van der Waals surface area contributed by atoms with Crippen LogP contribution in [0.5, 0.6) is 5.75 Å². The summed E-state index contributed by atoms with van der Waals surface area (Å²) in [6.07, 6.45) is 5.74. The summed E-state index contributed by atoms with van der Waals surface area (Å²) in [6, 6.07) is 8.24. The van der Waals surface area contributed by atoms with Crippen LogP contribution >= 0.6 is 0 Å². The smallest absolute Gasteiger partial charge is 0.124 e. The van der Waals surface area contributed by atoms with Gasteiger partial charge in [-0.15, -0.1) is 0 Å². The first kappa shape index (κ1) is 12.0. The molecular weight excluding hydrogens is 226 g/mol. The molecule has 0 amide bonds. The first-order valence-electron chi connectivity index (χ1n) is 6.91. The van der Waals surface area contributed by atoms with Gasteiger partial charge in [-0.05, 0) is 18.9 Å². The third-order valence-corrected chi connectivity index (χ3v) is 4.10. The molecule has 1 aliphatic carbocycles. The lowest BCUT2D eigenvalue weighted by Gasteiger charge is -2.27. The molecule has 18 heavy (non-hydrogen) atoms. The van der Waals surface area contributed by atoms with Gasteiger partial charge in [0.2, 0.25) is 0 Å². The van der Waals surface area contributed by atoms with Crippen LogP contribution < -0.4 is 10.5 Å². The van der Waals surface area contributed by atoms with Crippen molar-refractivity contribution in [2.24, 2.45) is 5.73 Å². The average molecular weight is 247 g/mol. The van der Waals surface area contributed by atoms with Crippen molar-refractivity contribution in [2.75, 3.05) is 13.2 Å².